The fourth-order valence-electron chi connectivity index (χ4n) is 0.707. The highest BCUT2D eigenvalue weighted by Gasteiger charge is 1.90. The molecule has 0 atom stereocenters. The van der Waals surface area contributed by atoms with E-state index in [2.05, 4.69) is 17.2 Å². The molecule has 1 aliphatic heterocycles. The second-order valence-corrected chi connectivity index (χ2v) is 1.81. The molecular weight excluding hydrogens is 110 g/mol. The van der Waals surface area contributed by atoms with Crippen molar-refractivity contribution < 1.29 is 0 Å². The molecule has 0 saturated heterocycles. The van der Waals surface area contributed by atoms with Crippen LogP contribution < -0.4 is 5.32 Å². The topological polar surface area (TPSA) is 12.0 Å². The number of dihydropyridines is 1. The van der Waals surface area contributed by atoms with Crippen molar-refractivity contribution in [3.8, 4) is 11.8 Å². The molecule has 0 amide bonds. The molecule has 0 radical (unpaired) electrons. The van der Waals surface area contributed by atoms with Gasteiger partial charge in [-0.15, -0.1) is 5.92 Å². The summed E-state index contributed by atoms with van der Waals surface area (Å²) in [6.45, 7) is 2.72. The summed E-state index contributed by atoms with van der Waals surface area (Å²) in [5.74, 6) is 5.83. The van der Waals surface area contributed by atoms with Crippen LogP contribution in [0.25, 0.3) is 0 Å². The predicted octanol–water partition coefficient (Wildman–Crippen LogP) is 1.05. The van der Waals surface area contributed by atoms with Gasteiger partial charge in [-0.3, -0.25) is 0 Å². The molecule has 1 nitrogen and oxygen atoms in total. The van der Waals surface area contributed by atoms with Crippen LogP contribution in [0.4, 0.5) is 0 Å². The van der Waals surface area contributed by atoms with Gasteiger partial charge in [-0.2, -0.15) is 0 Å². The Morgan fingerprint density at radius 2 is 2.56 bits per heavy atom. The van der Waals surface area contributed by atoms with Crippen molar-refractivity contribution in [2.75, 3.05) is 6.54 Å². The van der Waals surface area contributed by atoms with Crippen LogP contribution in [0, 0.1) is 11.8 Å². The van der Waals surface area contributed by atoms with Crippen LogP contribution in [0.1, 0.15) is 6.92 Å². The number of hydrogen-bond acceptors (Lipinski definition) is 1. The summed E-state index contributed by atoms with van der Waals surface area (Å²) >= 11 is 0. The van der Waals surface area contributed by atoms with E-state index in [1.165, 1.54) is 0 Å². The Morgan fingerprint density at radius 3 is 3.11 bits per heavy atom. The third-order valence-electron chi connectivity index (χ3n) is 1.09. The van der Waals surface area contributed by atoms with Crippen molar-refractivity contribution in [2.24, 2.45) is 0 Å². The molecule has 0 saturated carbocycles. The van der Waals surface area contributed by atoms with E-state index in [9.17, 15) is 0 Å². The normalized spacial score (nSPS) is 15.0. The lowest BCUT2D eigenvalue weighted by atomic mass is 10.2. The van der Waals surface area contributed by atoms with Gasteiger partial charge in [0.15, 0.2) is 0 Å². The molecule has 1 rings (SSSR count). The summed E-state index contributed by atoms with van der Waals surface area (Å²) in [5.41, 5.74) is 1.15. The third kappa shape index (κ3) is 1.65. The second kappa shape index (κ2) is 2.99. The lowest BCUT2D eigenvalue weighted by molar-refractivity contribution is 0.947. The molecule has 1 aliphatic rings. The van der Waals surface area contributed by atoms with Crippen molar-refractivity contribution in [3.63, 3.8) is 0 Å². The van der Waals surface area contributed by atoms with E-state index in [1.807, 2.05) is 25.3 Å². The van der Waals surface area contributed by atoms with Gasteiger partial charge in [-0.1, -0.05) is 5.92 Å². The highest BCUT2D eigenvalue weighted by molar-refractivity contribution is 5.34. The molecule has 9 heavy (non-hydrogen) atoms. The van der Waals surface area contributed by atoms with E-state index < -0.39 is 0 Å². The molecule has 0 aromatic carbocycles. The fraction of sp³-hybridized carbons (Fsp3) is 0.250. The van der Waals surface area contributed by atoms with Gasteiger partial charge < -0.3 is 5.32 Å². The van der Waals surface area contributed by atoms with Crippen molar-refractivity contribution in [1.29, 1.82) is 0 Å². The van der Waals surface area contributed by atoms with E-state index in [1.54, 1.807) is 0 Å². The number of hydrogen-bond donors (Lipinski definition) is 1. The number of nitrogens with one attached hydrogen (secondary N) is 1. The van der Waals surface area contributed by atoms with Crippen LogP contribution in [0.15, 0.2) is 23.9 Å². The van der Waals surface area contributed by atoms with Crippen molar-refractivity contribution in [1.82, 2.24) is 5.32 Å². The van der Waals surface area contributed by atoms with Crippen LogP contribution in [0.5, 0.6) is 0 Å². The third-order valence-corrected chi connectivity index (χ3v) is 1.09. The summed E-state index contributed by atoms with van der Waals surface area (Å²) in [6.07, 6.45) is 5.90. The Hall–Kier alpha value is -1.16. The van der Waals surface area contributed by atoms with Crippen molar-refractivity contribution >= 4 is 0 Å². The molecule has 0 aromatic heterocycles. The Balaban J connectivity index is 2.65. The summed E-state index contributed by atoms with van der Waals surface area (Å²) in [7, 11) is 0. The van der Waals surface area contributed by atoms with Gasteiger partial charge in [0, 0.05) is 12.1 Å². The number of allylic oxidation sites excluding steroid dienone is 2. The fourth-order valence-corrected chi connectivity index (χ4v) is 0.707. The quantitative estimate of drug-likeness (QED) is 0.470. The van der Waals surface area contributed by atoms with Crippen molar-refractivity contribution in [2.45, 2.75) is 6.92 Å². The molecule has 0 bridgehead atoms. The van der Waals surface area contributed by atoms with Crippen LogP contribution >= 0.6 is 0 Å². The average molecular weight is 119 g/mol. The number of rotatable bonds is 0. The maximum absolute atomic E-state index is 3.07. The van der Waals surface area contributed by atoms with E-state index in [0.717, 1.165) is 12.1 Å². The molecule has 1 heteroatoms. The first-order valence-corrected chi connectivity index (χ1v) is 2.95. The van der Waals surface area contributed by atoms with Crippen LogP contribution in [0.2, 0.25) is 0 Å². The SMILES string of the molecule is CC#CC1=CC=CNC1. The summed E-state index contributed by atoms with van der Waals surface area (Å²) in [5, 5.41) is 3.07. The Bertz CT molecular complexity index is 200. The lowest BCUT2D eigenvalue weighted by Gasteiger charge is -2.02. The van der Waals surface area contributed by atoms with Crippen LogP contribution in [-0.4, -0.2) is 6.54 Å². The van der Waals surface area contributed by atoms with Gasteiger partial charge in [0.05, 0.1) is 0 Å². The zero-order valence-electron chi connectivity index (χ0n) is 5.44. The molecule has 1 heterocycles. The maximum Gasteiger partial charge on any atom is 0.0474 e. The minimum Gasteiger partial charge on any atom is -0.386 e. The molecule has 0 aliphatic carbocycles. The summed E-state index contributed by atoms with van der Waals surface area (Å²) in [6, 6.07) is 0. The van der Waals surface area contributed by atoms with Crippen molar-refractivity contribution in [3.05, 3.63) is 23.9 Å². The molecule has 1 N–H and O–H groups in total. The zero-order valence-corrected chi connectivity index (χ0v) is 5.44. The zero-order chi connectivity index (χ0) is 6.53. The summed E-state index contributed by atoms with van der Waals surface area (Å²) in [4.78, 5) is 0. The highest BCUT2D eigenvalue weighted by Crippen LogP contribution is 1.94. The van der Waals surface area contributed by atoms with E-state index in [0.29, 0.717) is 0 Å². The minimum atomic E-state index is 0.872. The average Bonchev–Trinajstić information content (AvgIpc) is 1.91. The first kappa shape index (κ1) is 5.97. The predicted molar refractivity (Wildman–Crippen MR) is 38.7 cm³/mol. The van der Waals surface area contributed by atoms with Gasteiger partial charge in [0.2, 0.25) is 0 Å². The molecular formula is C8H9N. The van der Waals surface area contributed by atoms with E-state index >= 15 is 0 Å². The first-order chi connectivity index (χ1) is 4.43. The largest absolute Gasteiger partial charge is 0.386 e. The van der Waals surface area contributed by atoms with Gasteiger partial charge in [-0.05, 0) is 25.3 Å². The molecule has 0 fully saturated rings. The Labute approximate surface area is 55.5 Å². The van der Waals surface area contributed by atoms with Gasteiger partial charge in [0.25, 0.3) is 0 Å². The lowest BCUT2D eigenvalue weighted by Crippen LogP contribution is -2.11. The maximum atomic E-state index is 3.07. The Morgan fingerprint density at radius 1 is 1.67 bits per heavy atom. The standard InChI is InChI=1S/C8H9N/c1-2-4-8-5-3-6-9-7-8/h3,5-6,9H,7H2,1H3. The molecule has 0 spiro atoms. The molecule has 46 valence electrons. The summed E-state index contributed by atoms with van der Waals surface area (Å²) < 4.78 is 0. The van der Waals surface area contributed by atoms with Gasteiger partial charge in [0.1, 0.15) is 0 Å². The van der Waals surface area contributed by atoms with E-state index in [4.69, 9.17) is 0 Å². The Kier molecular flexibility index (Phi) is 1.98. The highest BCUT2D eigenvalue weighted by atomic mass is 14.8. The second-order valence-electron chi connectivity index (χ2n) is 1.81. The molecule has 0 aromatic rings. The van der Waals surface area contributed by atoms with E-state index in [-0.39, 0.29) is 0 Å². The first-order valence-electron chi connectivity index (χ1n) is 2.95. The van der Waals surface area contributed by atoms with Crippen LogP contribution in [0.3, 0.4) is 0 Å². The van der Waals surface area contributed by atoms with Crippen LogP contribution in [-0.2, 0) is 0 Å². The van der Waals surface area contributed by atoms with Gasteiger partial charge in [-0.25, -0.2) is 0 Å². The minimum absolute atomic E-state index is 0.872. The molecule has 0 unspecified atom stereocenters. The smallest absolute Gasteiger partial charge is 0.0474 e. The monoisotopic (exact) mass is 119 g/mol. The van der Waals surface area contributed by atoms with Gasteiger partial charge >= 0.3 is 0 Å².